The molecule has 39 heavy (non-hydrogen) atoms. The highest BCUT2D eigenvalue weighted by Crippen LogP contribution is 2.56. The molecule has 3 rings (SSSR count). The molecule has 1 N–H and O–H groups in total. The van der Waals surface area contributed by atoms with Crippen LogP contribution in [-0.2, 0) is 42.9 Å². The largest absolute Gasteiger partial charge is 0.461 e. The normalized spacial score (nSPS) is 40.2. The number of carbonyl (C=O) groups is 5. The molecular formula is C28H37ClO10. The van der Waals surface area contributed by atoms with Crippen molar-refractivity contribution in [1.82, 2.24) is 0 Å². The second-order valence-electron chi connectivity index (χ2n) is 10.9. The van der Waals surface area contributed by atoms with E-state index in [9.17, 15) is 29.1 Å². The Morgan fingerprint density at radius 3 is 2.33 bits per heavy atom. The second kappa shape index (κ2) is 11.4. The highest BCUT2D eigenvalue weighted by molar-refractivity contribution is 6.23. The highest BCUT2D eigenvalue weighted by Gasteiger charge is 2.70. The summed E-state index contributed by atoms with van der Waals surface area (Å²) in [5.41, 5.74) is -3.42. The molecule has 10 nitrogen and oxygen atoms in total. The number of Topliss-reactive ketones (excluding diaryl/α,β-unsaturated/α-hetero) is 1. The number of esters is 4. The SMILES string of the molecule is C=C1C=CC(OC(C)=O)C2(C)C(OC(=O)CCC)CC(=O)C(C)C2C(OC(C)=O)C2(O)C(C)C(=O)OC2C1Cl. The van der Waals surface area contributed by atoms with Crippen LogP contribution in [0.4, 0.5) is 0 Å². The third-order valence-corrected chi connectivity index (χ3v) is 8.91. The molecule has 10 atom stereocenters. The van der Waals surface area contributed by atoms with Gasteiger partial charge in [0.25, 0.3) is 0 Å². The Morgan fingerprint density at radius 1 is 1.15 bits per heavy atom. The van der Waals surface area contributed by atoms with E-state index in [0.717, 1.165) is 6.92 Å². The molecule has 11 heteroatoms. The van der Waals surface area contributed by atoms with Gasteiger partial charge in [0.2, 0.25) is 0 Å². The molecule has 0 amide bonds. The topological polar surface area (TPSA) is 142 Å². The van der Waals surface area contributed by atoms with Crippen molar-refractivity contribution in [2.75, 3.05) is 0 Å². The summed E-state index contributed by atoms with van der Waals surface area (Å²) in [5.74, 6) is -6.36. The van der Waals surface area contributed by atoms with E-state index >= 15 is 0 Å². The molecule has 3 aliphatic rings. The first-order chi connectivity index (χ1) is 18.1. The van der Waals surface area contributed by atoms with Crippen LogP contribution in [0.3, 0.4) is 0 Å². The van der Waals surface area contributed by atoms with Crippen LogP contribution in [0.5, 0.6) is 0 Å². The van der Waals surface area contributed by atoms with Crippen molar-refractivity contribution in [2.45, 2.75) is 96.2 Å². The fourth-order valence-corrected chi connectivity index (χ4v) is 6.56. The van der Waals surface area contributed by atoms with Gasteiger partial charge in [0.15, 0.2) is 11.7 Å². The standard InChI is InChI=1S/C28H37ClO10/c1-8-9-21(33)38-20-12-18(32)14(3)22-24(37-17(6)31)28(35)15(4)26(34)39-25(28)23(29)13(2)10-11-19(27(20,22)7)36-16(5)30/h10-11,14-15,19-20,22-25,35H,2,8-9,12H2,1,3-7H3. The zero-order chi connectivity index (χ0) is 29.4. The Bertz CT molecular complexity index is 1080. The number of alkyl halides is 1. The van der Waals surface area contributed by atoms with Crippen molar-refractivity contribution in [2.24, 2.45) is 23.2 Å². The van der Waals surface area contributed by atoms with Crippen molar-refractivity contribution in [3.63, 3.8) is 0 Å². The monoisotopic (exact) mass is 568 g/mol. The van der Waals surface area contributed by atoms with E-state index in [2.05, 4.69) is 6.58 Å². The molecule has 1 saturated carbocycles. The Kier molecular flexibility index (Phi) is 9.02. The van der Waals surface area contributed by atoms with E-state index in [1.54, 1.807) is 20.8 Å². The van der Waals surface area contributed by atoms with Crippen LogP contribution >= 0.6 is 11.6 Å². The minimum absolute atomic E-state index is 0.0819. The zero-order valence-corrected chi connectivity index (χ0v) is 23.9. The Balaban J connectivity index is 2.39. The van der Waals surface area contributed by atoms with Gasteiger partial charge in [-0.1, -0.05) is 33.4 Å². The van der Waals surface area contributed by atoms with Crippen molar-refractivity contribution < 1.29 is 48.0 Å². The minimum atomic E-state index is -2.22. The number of hydrogen-bond donors (Lipinski definition) is 1. The summed E-state index contributed by atoms with van der Waals surface area (Å²) < 4.78 is 22.9. The lowest BCUT2D eigenvalue weighted by molar-refractivity contribution is -0.232. The van der Waals surface area contributed by atoms with Gasteiger partial charge < -0.3 is 24.1 Å². The first kappa shape index (κ1) is 30.8. The summed E-state index contributed by atoms with van der Waals surface area (Å²) in [7, 11) is 0. The quantitative estimate of drug-likeness (QED) is 0.299. The predicted octanol–water partition coefficient (Wildman–Crippen LogP) is 2.82. The van der Waals surface area contributed by atoms with Crippen LogP contribution in [0.1, 0.15) is 60.8 Å². The first-order valence-electron chi connectivity index (χ1n) is 13.1. The van der Waals surface area contributed by atoms with Crippen molar-refractivity contribution in [1.29, 1.82) is 0 Å². The smallest absolute Gasteiger partial charge is 0.312 e. The zero-order valence-electron chi connectivity index (χ0n) is 23.1. The fourth-order valence-electron chi connectivity index (χ4n) is 6.24. The van der Waals surface area contributed by atoms with E-state index in [-0.39, 0.29) is 24.2 Å². The lowest BCUT2D eigenvalue weighted by atomic mass is 9.53. The van der Waals surface area contributed by atoms with Gasteiger partial charge in [-0.05, 0) is 25.0 Å². The molecule has 0 aromatic rings. The minimum Gasteiger partial charge on any atom is -0.461 e. The number of carbonyl (C=O) groups excluding carboxylic acids is 5. The molecule has 2 aliphatic carbocycles. The van der Waals surface area contributed by atoms with Crippen LogP contribution in [0.2, 0.25) is 0 Å². The molecule has 0 spiro atoms. The van der Waals surface area contributed by atoms with Crippen LogP contribution in [-0.4, -0.2) is 70.2 Å². The number of ether oxygens (including phenoxy) is 4. The predicted molar refractivity (Wildman–Crippen MR) is 138 cm³/mol. The van der Waals surface area contributed by atoms with E-state index in [0.29, 0.717) is 6.42 Å². The fraction of sp³-hybridized carbons (Fsp3) is 0.679. The second-order valence-corrected chi connectivity index (χ2v) is 11.4. The number of hydrogen-bond acceptors (Lipinski definition) is 10. The molecule has 1 aliphatic heterocycles. The summed E-state index contributed by atoms with van der Waals surface area (Å²) in [4.78, 5) is 63.9. The summed E-state index contributed by atoms with van der Waals surface area (Å²) in [5, 5.41) is 11.2. The number of ketones is 1. The maximum Gasteiger partial charge on any atom is 0.312 e. The number of fused-ring (bicyclic) bond motifs is 2. The maximum absolute atomic E-state index is 13.4. The van der Waals surface area contributed by atoms with Crippen molar-refractivity contribution in [3.05, 3.63) is 24.3 Å². The Labute approximate surface area is 233 Å². The van der Waals surface area contributed by atoms with E-state index in [1.165, 1.54) is 26.0 Å². The van der Waals surface area contributed by atoms with Crippen LogP contribution < -0.4 is 0 Å². The molecule has 2 fully saturated rings. The molecule has 0 bridgehead atoms. The van der Waals surface area contributed by atoms with Gasteiger partial charge >= 0.3 is 23.9 Å². The average molecular weight is 569 g/mol. The van der Waals surface area contributed by atoms with E-state index < -0.39 is 82.4 Å². The summed E-state index contributed by atoms with van der Waals surface area (Å²) >= 11 is 6.68. The lowest BCUT2D eigenvalue weighted by Gasteiger charge is -2.56. The third-order valence-electron chi connectivity index (χ3n) is 8.41. The molecule has 216 valence electrons. The Morgan fingerprint density at radius 2 is 1.77 bits per heavy atom. The van der Waals surface area contributed by atoms with Crippen molar-refractivity contribution in [3.8, 4) is 0 Å². The summed E-state index contributed by atoms with van der Waals surface area (Å²) in [6, 6.07) is 0. The number of allylic oxidation sites excluding steroid dienone is 1. The number of aliphatic hydroxyl groups is 1. The first-order valence-corrected chi connectivity index (χ1v) is 13.5. The van der Waals surface area contributed by atoms with Gasteiger partial charge in [0, 0.05) is 38.5 Å². The van der Waals surface area contributed by atoms with Crippen LogP contribution in [0.15, 0.2) is 24.3 Å². The molecule has 1 heterocycles. The molecular weight excluding hydrogens is 532 g/mol. The summed E-state index contributed by atoms with van der Waals surface area (Å²) in [6.07, 6.45) is -1.84. The molecule has 0 radical (unpaired) electrons. The lowest BCUT2D eigenvalue weighted by Crippen LogP contribution is -2.69. The van der Waals surface area contributed by atoms with Gasteiger partial charge in [-0.15, -0.1) is 11.6 Å². The third kappa shape index (κ3) is 5.37. The number of halogens is 1. The molecule has 0 aromatic heterocycles. The van der Waals surface area contributed by atoms with E-state index in [4.69, 9.17) is 30.5 Å². The van der Waals surface area contributed by atoms with E-state index in [1.807, 2.05) is 0 Å². The average Bonchev–Trinajstić information content (AvgIpc) is 3.07. The maximum atomic E-state index is 13.4. The van der Waals surface area contributed by atoms with Gasteiger partial charge in [-0.2, -0.15) is 0 Å². The van der Waals surface area contributed by atoms with Gasteiger partial charge in [0.05, 0.1) is 16.7 Å². The van der Waals surface area contributed by atoms with Crippen LogP contribution in [0, 0.1) is 23.2 Å². The molecule has 0 aromatic carbocycles. The molecule has 10 unspecified atom stereocenters. The molecule has 1 saturated heterocycles. The van der Waals surface area contributed by atoms with Crippen LogP contribution in [0.25, 0.3) is 0 Å². The van der Waals surface area contributed by atoms with Gasteiger partial charge in [-0.3, -0.25) is 24.0 Å². The Hall–Kier alpha value is -2.72. The van der Waals surface area contributed by atoms with Crippen molar-refractivity contribution >= 4 is 41.3 Å². The highest BCUT2D eigenvalue weighted by atomic mass is 35.5. The number of rotatable bonds is 5. The van der Waals surface area contributed by atoms with Gasteiger partial charge in [-0.25, -0.2) is 0 Å². The van der Waals surface area contributed by atoms with Gasteiger partial charge in [0.1, 0.15) is 24.1 Å². The summed E-state index contributed by atoms with van der Waals surface area (Å²) in [6.45, 7) is 12.8.